The Hall–Kier alpha value is -0.790. The van der Waals surface area contributed by atoms with Crippen molar-refractivity contribution in [2.75, 3.05) is 6.16 Å². The number of benzene rings is 1. The van der Waals surface area contributed by atoms with Gasteiger partial charge >= 0.3 is 0 Å². The van der Waals surface area contributed by atoms with Crippen molar-refractivity contribution in [2.45, 2.75) is 0 Å². The lowest BCUT2D eigenvalue weighted by Crippen LogP contribution is -2.15. The van der Waals surface area contributed by atoms with E-state index in [2.05, 4.69) is 0 Å². The van der Waals surface area contributed by atoms with E-state index >= 15 is 0 Å². The molecule has 63 valence electrons. The first-order chi connectivity index (χ1) is 5.70. The van der Waals surface area contributed by atoms with Crippen LogP contribution in [0.2, 0.25) is 0 Å². The van der Waals surface area contributed by atoms with Crippen molar-refractivity contribution in [3.8, 4) is 0 Å². The maximum atomic E-state index is 10.6. The van der Waals surface area contributed by atoms with E-state index in [-0.39, 0.29) is 5.91 Å². The highest BCUT2D eigenvalue weighted by Gasteiger charge is 2.01. The Bertz CT molecular complexity index is 299. The second kappa shape index (κ2) is 4.29. The van der Waals surface area contributed by atoms with Crippen molar-refractivity contribution in [1.82, 2.24) is 0 Å². The summed E-state index contributed by atoms with van der Waals surface area (Å²) in [5, 5.41) is 1.04. The average Bonchev–Trinajstić information content (AvgIpc) is 2.05. The summed E-state index contributed by atoms with van der Waals surface area (Å²) in [5.41, 5.74) is 5.04. The van der Waals surface area contributed by atoms with Crippen LogP contribution in [0.15, 0.2) is 30.3 Å². The van der Waals surface area contributed by atoms with Crippen LogP contribution in [0.4, 0.5) is 0 Å². The molecule has 1 aromatic rings. The van der Waals surface area contributed by atoms with Gasteiger partial charge in [-0.3, -0.25) is 4.79 Å². The molecule has 12 heavy (non-hydrogen) atoms. The van der Waals surface area contributed by atoms with E-state index in [0.717, 1.165) is 5.30 Å². The van der Waals surface area contributed by atoms with E-state index in [9.17, 15) is 4.79 Å². The molecule has 0 saturated carbocycles. The molecule has 1 amide bonds. The van der Waals surface area contributed by atoms with Crippen LogP contribution in [0, 0.1) is 0 Å². The third kappa shape index (κ3) is 2.68. The zero-order valence-electron chi connectivity index (χ0n) is 6.43. The number of primary amides is 1. The minimum absolute atomic E-state index is 0.300. The first-order valence-corrected chi connectivity index (χ1v) is 6.02. The lowest BCUT2D eigenvalue weighted by atomic mass is 10.4. The summed E-state index contributed by atoms with van der Waals surface area (Å²) in [7, 11) is 0. The Kier molecular flexibility index (Phi) is 3.32. The third-order valence-electron chi connectivity index (χ3n) is 1.34. The van der Waals surface area contributed by atoms with Crippen LogP contribution in [0.25, 0.3) is 0 Å². The maximum Gasteiger partial charge on any atom is 0.226 e. The van der Waals surface area contributed by atoms with Gasteiger partial charge in [-0.15, -0.1) is 0 Å². The molecule has 1 aromatic carbocycles. The fourth-order valence-electron chi connectivity index (χ4n) is 0.827. The first-order valence-electron chi connectivity index (χ1n) is 3.48. The van der Waals surface area contributed by atoms with Crippen LogP contribution in [0.5, 0.6) is 0 Å². The molecule has 0 aliphatic heterocycles. The molecule has 0 saturated heterocycles. The van der Waals surface area contributed by atoms with Crippen LogP contribution in [-0.2, 0) is 16.6 Å². The summed E-state index contributed by atoms with van der Waals surface area (Å²) in [6, 6.07) is 9.62. The number of hydrogen-bond acceptors (Lipinski definition) is 2. The smallest absolute Gasteiger partial charge is 0.226 e. The van der Waals surface area contributed by atoms with Gasteiger partial charge in [0.15, 0.2) is 0 Å². The van der Waals surface area contributed by atoms with Gasteiger partial charge in [-0.05, 0) is 6.70 Å². The summed E-state index contributed by atoms with van der Waals surface area (Å²) >= 11 is 5.14. The molecular formula is C8H9NOPS. The minimum Gasteiger partial charge on any atom is -0.369 e. The Morgan fingerprint density at radius 3 is 2.50 bits per heavy atom. The molecule has 0 heterocycles. The Balaban J connectivity index is 2.73. The lowest BCUT2D eigenvalue weighted by Gasteiger charge is -2.00. The molecule has 0 fully saturated rings. The van der Waals surface area contributed by atoms with Crippen molar-refractivity contribution >= 4 is 29.7 Å². The van der Waals surface area contributed by atoms with Gasteiger partial charge in [-0.1, -0.05) is 42.1 Å². The van der Waals surface area contributed by atoms with Gasteiger partial charge in [0.1, 0.15) is 0 Å². The number of rotatable bonds is 3. The zero-order valence-corrected chi connectivity index (χ0v) is 8.15. The number of nitrogens with two attached hydrogens (primary N) is 1. The molecule has 0 aliphatic rings. The van der Waals surface area contributed by atoms with Crippen LogP contribution >= 0.6 is 6.70 Å². The van der Waals surface area contributed by atoms with Gasteiger partial charge in [0.05, 0.1) is 6.16 Å². The molecule has 1 rings (SSSR count). The summed E-state index contributed by atoms with van der Waals surface area (Å²) in [4.78, 5) is 10.6. The summed E-state index contributed by atoms with van der Waals surface area (Å²) in [6.07, 6.45) is 0.300. The normalized spacial score (nSPS) is 10.8. The molecular weight excluding hydrogens is 189 g/mol. The second-order valence-electron chi connectivity index (χ2n) is 2.34. The Morgan fingerprint density at radius 1 is 1.42 bits per heavy atom. The highest BCUT2D eigenvalue weighted by atomic mass is 32.4. The van der Waals surface area contributed by atoms with Crippen LogP contribution in [0.3, 0.4) is 0 Å². The summed E-state index contributed by atoms with van der Waals surface area (Å²) in [6.45, 7) is -0.806. The van der Waals surface area contributed by atoms with Gasteiger partial charge in [-0.2, -0.15) is 0 Å². The third-order valence-corrected chi connectivity index (χ3v) is 3.84. The molecule has 0 aromatic heterocycles. The van der Waals surface area contributed by atoms with Crippen LogP contribution in [0.1, 0.15) is 0 Å². The van der Waals surface area contributed by atoms with E-state index in [0.29, 0.717) is 6.16 Å². The largest absolute Gasteiger partial charge is 0.369 e. The topological polar surface area (TPSA) is 43.1 Å². The predicted molar refractivity (Wildman–Crippen MR) is 54.4 cm³/mol. The molecule has 4 heteroatoms. The highest BCUT2D eigenvalue weighted by molar-refractivity contribution is 8.08. The first kappa shape index (κ1) is 9.30. The van der Waals surface area contributed by atoms with Crippen molar-refractivity contribution in [1.29, 1.82) is 0 Å². The van der Waals surface area contributed by atoms with Gasteiger partial charge in [0.2, 0.25) is 5.91 Å². The monoisotopic (exact) mass is 198 g/mol. The fourth-order valence-corrected chi connectivity index (χ4v) is 2.54. The molecule has 1 atom stereocenters. The van der Waals surface area contributed by atoms with Crippen molar-refractivity contribution < 1.29 is 4.79 Å². The number of amides is 1. The Labute approximate surface area is 77.2 Å². The fraction of sp³-hybridized carbons (Fsp3) is 0.125. The molecule has 1 unspecified atom stereocenters. The summed E-state index contributed by atoms with van der Waals surface area (Å²) < 4.78 is 0. The lowest BCUT2D eigenvalue weighted by molar-refractivity contribution is -0.115. The molecule has 0 spiro atoms. The zero-order chi connectivity index (χ0) is 8.97. The molecule has 0 bridgehead atoms. The van der Waals surface area contributed by atoms with Gasteiger partial charge in [0, 0.05) is 5.30 Å². The second-order valence-corrected chi connectivity index (χ2v) is 5.25. The maximum absolute atomic E-state index is 10.6. The minimum atomic E-state index is -0.806. The van der Waals surface area contributed by atoms with Crippen LogP contribution < -0.4 is 11.0 Å². The van der Waals surface area contributed by atoms with Crippen molar-refractivity contribution in [3.63, 3.8) is 0 Å². The van der Waals surface area contributed by atoms with Crippen molar-refractivity contribution in [3.05, 3.63) is 30.3 Å². The van der Waals surface area contributed by atoms with E-state index in [4.69, 9.17) is 17.5 Å². The number of carbonyl (C=O) groups excluding carboxylic acids is 1. The summed E-state index contributed by atoms with van der Waals surface area (Å²) in [5.74, 6) is -0.319. The predicted octanol–water partition coefficient (Wildman–Crippen LogP) is 0.741. The standard InChI is InChI=1S/C8H9NOPS/c9-8(10)6-11(12)7-4-2-1-3-5-7/h1-5H,6H2,(H2,9,10). The molecule has 2 nitrogen and oxygen atoms in total. The van der Waals surface area contributed by atoms with Gasteiger partial charge in [0.25, 0.3) is 0 Å². The van der Waals surface area contributed by atoms with Gasteiger partial charge in [-0.25, -0.2) is 0 Å². The Morgan fingerprint density at radius 2 is 2.00 bits per heavy atom. The average molecular weight is 198 g/mol. The number of carbonyl (C=O) groups is 1. The SMILES string of the molecule is NC(=O)C[P](=S)c1ccccc1. The van der Waals surface area contributed by atoms with Crippen molar-refractivity contribution in [2.24, 2.45) is 5.73 Å². The van der Waals surface area contributed by atoms with E-state index in [1.54, 1.807) is 0 Å². The van der Waals surface area contributed by atoms with Gasteiger partial charge < -0.3 is 5.73 Å². The van der Waals surface area contributed by atoms with E-state index in [1.807, 2.05) is 30.3 Å². The van der Waals surface area contributed by atoms with E-state index in [1.165, 1.54) is 0 Å². The molecule has 0 aliphatic carbocycles. The van der Waals surface area contributed by atoms with Crippen LogP contribution in [-0.4, -0.2) is 12.1 Å². The highest BCUT2D eigenvalue weighted by Crippen LogP contribution is 2.18. The molecule has 1 radical (unpaired) electrons. The number of hydrogen-bond donors (Lipinski definition) is 1. The van der Waals surface area contributed by atoms with E-state index < -0.39 is 6.70 Å². The molecule has 2 N–H and O–H groups in total. The quantitative estimate of drug-likeness (QED) is 0.728.